The average molecular weight is 409 g/mol. The zero-order valence-corrected chi connectivity index (χ0v) is 17.1. The number of methoxy groups -OCH3 is 2. The Balaban J connectivity index is 0.00000256. The minimum Gasteiger partial charge on any atom is -0.493 e. The van der Waals surface area contributed by atoms with E-state index in [0.29, 0.717) is 24.5 Å². The lowest BCUT2D eigenvalue weighted by Gasteiger charge is -2.14. The van der Waals surface area contributed by atoms with Crippen LogP contribution in [-0.4, -0.2) is 40.6 Å². The number of fused-ring (bicyclic) bond motifs is 2. The van der Waals surface area contributed by atoms with Crippen LogP contribution in [0.3, 0.4) is 0 Å². The molecule has 0 bridgehead atoms. The van der Waals surface area contributed by atoms with Gasteiger partial charge in [0.05, 0.1) is 32.4 Å². The molecule has 3 heterocycles. The van der Waals surface area contributed by atoms with E-state index in [-0.39, 0.29) is 7.43 Å². The predicted molar refractivity (Wildman–Crippen MR) is 119 cm³/mol. The number of ether oxygens (including phenoxy) is 3. The number of aromatic nitrogens is 4. The van der Waals surface area contributed by atoms with Crippen molar-refractivity contribution in [3.63, 3.8) is 0 Å². The van der Waals surface area contributed by atoms with Crippen LogP contribution in [0.4, 0.5) is 0 Å². The van der Waals surface area contributed by atoms with Crippen molar-refractivity contribution in [2.24, 2.45) is 0 Å². The lowest BCUT2D eigenvalue weighted by atomic mass is 10.00. The number of rotatable bonds is 7. The molecule has 0 unspecified atom stereocenters. The molecule has 0 spiro atoms. The first-order valence-electron chi connectivity index (χ1n) is 9.64. The van der Waals surface area contributed by atoms with Crippen LogP contribution in [-0.2, 0) is 13.0 Å². The van der Waals surface area contributed by atoms with Gasteiger partial charge in [0, 0.05) is 42.5 Å². The molecule has 0 saturated carbocycles. The minimum atomic E-state index is 0. The molecule has 158 valence electrons. The van der Waals surface area contributed by atoms with Crippen LogP contribution in [0.15, 0.2) is 36.9 Å². The number of aryl methyl sites for hydroxylation is 1. The van der Waals surface area contributed by atoms with E-state index in [1.165, 1.54) is 0 Å². The van der Waals surface area contributed by atoms with Crippen LogP contribution in [0.2, 0.25) is 0 Å². The molecule has 0 atom stereocenters. The quantitative estimate of drug-likeness (QED) is 0.444. The van der Waals surface area contributed by atoms with Crippen molar-refractivity contribution < 1.29 is 14.2 Å². The van der Waals surface area contributed by atoms with Crippen molar-refractivity contribution in [2.45, 2.75) is 34.2 Å². The zero-order valence-electron chi connectivity index (χ0n) is 17.1. The van der Waals surface area contributed by atoms with Gasteiger partial charge in [-0.05, 0) is 36.9 Å². The third kappa shape index (κ3) is 3.63. The molecule has 4 aromatic rings. The van der Waals surface area contributed by atoms with Crippen LogP contribution in [0.5, 0.6) is 17.2 Å². The highest BCUT2D eigenvalue weighted by Gasteiger charge is 2.16. The lowest BCUT2D eigenvalue weighted by molar-refractivity contribution is 0.341. The molecule has 0 saturated heterocycles. The largest absolute Gasteiger partial charge is 0.493 e. The summed E-state index contributed by atoms with van der Waals surface area (Å²) >= 11 is 0. The van der Waals surface area contributed by atoms with Gasteiger partial charge in [0.15, 0.2) is 17.1 Å². The maximum absolute atomic E-state index is 6.02. The molecule has 0 N–H and O–H groups in total. The van der Waals surface area contributed by atoms with Crippen molar-refractivity contribution >= 4 is 21.8 Å². The van der Waals surface area contributed by atoms with Crippen molar-refractivity contribution in [3.05, 3.63) is 48.0 Å². The fourth-order valence-electron chi connectivity index (χ4n) is 3.62. The Bertz CT molecular complexity index is 1170. The summed E-state index contributed by atoms with van der Waals surface area (Å²) in [6.45, 7) is 5.36. The first-order chi connectivity index (χ1) is 14.2. The summed E-state index contributed by atoms with van der Waals surface area (Å²) in [5.74, 6) is 2.20. The minimum absolute atomic E-state index is 0. The van der Waals surface area contributed by atoms with Crippen LogP contribution in [0, 0.1) is 0 Å². The van der Waals surface area contributed by atoms with Gasteiger partial charge in [-0.2, -0.15) is 5.10 Å². The molecule has 0 aliphatic rings. The number of nitrogens with zero attached hydrogens (tertiary/aromatic N) is 4. The van der Waals surface area contributed by atoms with Crippen LogP contribution in [0.1, 0.15) is 32.4 Å². The van der Waals surface area contributed by atoms with Gasteiger partial charge in [0.25, 0.3) is 0 Å². The molecule has 0 fully saturated rings. The molecule has 7 heteroatoms. The molecule has 7 nitrogen and oxygen atoms in total. The molecular formula is C23H28N4O3. The molecule has 0 amide bonds. The van der Waals surface area contributed by atoms with E-state index in [4.69, 9.17) is 14.2 Å². The lowest BCUT2D eigenvalue weighted by Crippen LogP contribution is -2.02. The van der Waals surface area contributed by atoms with E-state index in [1.54, 1.807) is 14.2 Å². The van der Waals surface area contributed by atoms with E-state index in [9.17, 15) is 0 Å². The van der Waals surface area contributed by atoms with Crippen LogP contribution in [0.25, 0.3) is 21.8 Å². The molecular weight excluding hydrogens is 380 g/mol. The van der Waals surface area contributed by atoms with Crippen molar-refractivity contribution in [3.8, 4) is 17.2 Å². The monoisotopic (exact) mass is 408 g/mol. The molecule has 4 rings (SSSR count). The normalized spacial score (nSPS) is 10.8. The van der Waals surface area contributed by atoms with Crippen molar-refractivity contribution in [2.75, 3.05) is 20.8 Å². The highest BCUT2D eigenvalue weighted by Crippen LogP contribution is 2.35. The van der Waals surface area contributed by atoms with Gasteiger partial charge in [-0.25, -0.2) is 9.67 Å². The smallest absolute Gasteiger partial charge is 0.161 e. The molecule has 0 aliphatic carbocycles. The summed E-state index contributed by atoms with van der Waals surface area (Å²) in [4.78, 5) is 9.07. The van der Waals surface area contributed by atoms with E-state index >= 15 is 0 Å². The summed E-state index contributed by atoms with van der Waals surface area (Å²) in [6.07, 6.45) is 8.05. The average Bonchev–Trinajstić information content (AvgIpc) is 3.18. The molecule has 3 aromatic heterocycles. The summed E-state index contributed by atoms with van der Waals surface area (Å²) in [6, 6.07) is 3.94. The van der Waals surface area contributed by atoms with Gasteiger partial charge in [0.2, 0.25) is 0 Å². The van der Waals surface area contributed by atoms with Crippen LogP contribution < -0.4 is 14.2 Å². The summed E-state index contributed by atoms with van der Waals surface area (Å²) in [7, 11) is 3.27. The van der Waals surface area contributed by atoms with E-state index in [1.807, 2.05) is 55.4 Å². The standard InChI is InChI=1S/C22H24N4O3.CH4/c1-5-26-22-18(13-25-26)21(29-6-2)16(12-24-22)7-14-10-23-11-15-8-19(27-3)20(28-4)9-17(14)15;/h8-13H,5-7H2,1-4H3;1H4. The third-order valence-corrected chi connectivity index (χ3v) is 5.01. The Morgan fingerprint density at radius 2 is 1.67 bits per heavy atom. The highest BCUT2D eigenvalue weighted by atomic mass is 16.5. The number of hydrogen-bond donors (Lipinski definition) is 0. The molecule has 0 radical (unpaired) electrons. The highest BCUT2D eigenvalue weighted by molar-refractivity contribution is 5.89. The Morgan fingerprint density at radius 3 is 2.37 bits per heavy atom. The van der Waals surface area contributed by atoms with E-state index in [0.717, 1.165) is 45.2 Å². The summed E-state index contributed by atoms with van der Waals surface area (Å²) in [5.41, 5.74) is 2.90. The van der Waals surface area contributed by atoms with Gasteiger partial charge >= 0.3 is 0 Å². The number of pyridine rings is 2. The Morgan fingerprint density at radius 1 is 0.900 bits per heavy atom. The van der Waals surface area contributed by atoms with E-state index < -0.39 is 0 Å². The first kappa shape index (κ1) is 21.4. The van der Waals surface area contributed by atoms with Gasteiger partial charge in [0.1, 0.15) is 5.75 Å². The summed E-state index contributed by atoms with van der Waals surface area (Å²) < 4.78 is 18.8. The second-order valence-corrected chi connectivity index (χ2v) is 6.65. The van der Waals surface area contributed by atoms with E-state index in [2.05, 4.69) is 15.1 Å². The maximum Gasteiger partial charge on any atom is 0.161 e. The zero-order chi connectivity index (χ0) is 20.4. The van der Waals surface area contributed by atoms with Gasteiger partial charge < -0.3 is 14.2 Å². The van der Waals surface area contributed by atoms with Gasteiger partial charge in [-0.1, -0.05) is 7.43 Å². The molecule has 0 aliphatic heterocycles. The van der Waals surface area contributed by atoms with Gasteiger partial charge in [-0.15, -0.1) is 0 Å². The first-order valence-corrected chi connectivity index (χ1v) is 9.64. The van der Waals surface area contributed by atoms with Gasteiger partial charge in [-0.3, -0.25) is 4.98 Å². The number of hydrogen-bond acceptors (Lipinski definition) is 6. The Labute approximate surface area is 176 Å². The Kier molecular flexibility index (Phi) is 6.40. The SMILES string of the molecule is C.CCOc1c(Cc2cncc3cc(OC)c(OC)cc23)cnc2c1cnn2CC. The van der Waals surface area contributed by atoms with Crippen LogP contribution >= 0.6 is 0 Å². The van der Waals surface area contributed by atoms with Crippen molar-refractivity contribution in [1.82, 2.24) is 19.7 Å². The molecule has 30 heavy (non-hydrogen) atoms. The number of benzene rings is 1. The van der Waals surface area contributed by atoms with Crippen molar-refractivity contribution in [1.29, 1.82) is 0 Å². The summed E-state index contributed by atoms with van der Waals surface area (Å²) in [5, 5.41) is 7.41. The second-order valence-electron chi connectivity index (χ2n) is 6.65. The fourth-order valence-corrected chi connectivity index (χ4v) is 3.62. The topological polar surface area (TPSA) is 71.3 Å². The third-order valence-electron chi connectivity index (χ3n) is 5.01. The fraction of sp³-hybridized carbons (Fsp3) is 0.348. The molecule has 1 aromatic carbocycles. The predicted octanol–water partition coefficient (Wildman–Crippen LogP) is 4.64. The second kappa shape index (κ2) is 8.98. The Hall–Kier alpha value is -3.35. The maximum atomic E-state index is 6.02.